The molecule has 7 N–H and O–H groups in total. The lowest BCUT2D eigenvalue weighted by Crippen LogP contribution is -3.00. The van der Waals surface area contributed by atoms with Gasteiger partial charge in [-0.1, -0.05) is 72.3 Å². The third-order valence-electron chi connectivity index (χ3n) is 26.5. The largest absolute Gasteiger partial charge is 1.00 e. The number of hydrogen-bond donors (Lipinski definition) is 7. The second kappa shape index (κ2) is 49.5. The van der Waals surface area contributed by atoms with Crippen LogP contribution < -0.4 is 72.6 Å². The van der Waals surface area contributed by atoms with Crippen molar-refractivity contribution < 1.29 is 166 Å². The van der Waals surface area contributed by atoms with Crippen LogP contribution in [0.5, 0.6) is 0 Å². The number of aliphatic carboxylic acids is 4. The van der Waals surface area contributed by atoms with Crippen LogP contribution in [0.2, 0.25) is 0 Å². The summed E-state index contributed by atoms with van der Waals surface area (Å²) in [5.74, 6) is 1.87. The van der Waals surface area contributed by atoms with Crippen molar-refractivity contribution in [2.45, 2.75) is 200 Å². The average molecular weight is 2200 g/mol. The van der Waals surface area contributed by atoms with E-state index in [1.807, 2.05) is 116 Å². The first-order valence-electron chi connectivity index (χ1n) is 48.4. The first-order chi connectivity index (χ1) is 70.3. The Morgan fingerprint density at radius 1 is 0.392 bits per heavy atom. The number of nitrogens with zero attached hydrogens (tertiary/aromatic N) is 8. The van der Waals surface area contributed by atoms with Gasteiger partial charge >= 0.3 is 53.3 Å². The molecule has 0 aliphatic rings. The number of carbonyl (C=O) groups is 5. The van der Waals surface area contributed by atoms with Gasteiger partial charge in [-0.05, 0) is 131 Å². The second-order valence-corrected chi connectivity index (χ2v) is 39.3. The van der Waals surface area contributed by atoms with Gasteiger partial charge in [0.2, 0.25) is 33.8 Å². The molecule has 0 atom stereocenters. The lowest BCUT2D eigenvalue weighted by Gasteiger charge is -2.07. The SMILES string of the molecule is CC(=O)Nc1ccc2c(c1)c1cc3c(cc1n2C)oc(C)[n+]3CCCCCC(=O)O.Cc1ccc(S(=O)(=O)[O-])cc1.Cc1oc2cc3[nH]c4ccc(SOO[O-])cc4c3cc2[n+]1CCCCCC(=O)O.Cc1oc2cc3[nH]c4ccccc4c3cc2[n+]1CCCCCC(=O)O.Cc1oc2cc3c(cc2[n+]1C)c1ccccc1n3C.Cc1oc2cc3c(cc2[n+]1CCCCCC(=O)O)c1ccccc1n3CCCSOO[O-].[Br-].[Br-]. The quantitative estimate of drug-likeness (QED) is 0.00484. The van der Waals surface area contributed by atoms with Gasteiger partial charge in [0.05, 0.1) is 79.1 Å². The zero-order chi connectivity index (χ0) is 103. The van der Waals surface area contributed by atoms with E-state index in [2.05, 4.69) is 187 Å². The molecule has 776 valence electrons. The van der Waals surface area contributed by atoms with E-state index < -0.39 is 34.0 Å². The molecule has 0 fully saturated rings. The van der Waals surface area contributed by atoms with E-state index in [1.54, 1.807) is 12.1 Å². The van der Waals surface area contributed by atoms with E-state index in [1.165, 1.54) is 62.4 Å². The number of fused-ring (bicyclic) bond motifs is 20. The first-order valence-corrected chi connectivity index (χ1v) is 51.4. The number of carboxylic acids is 4. The van der Waals surface area contributed by atoms with Crippen LogP contribution in [0, 0.1) is 41.5 Å². The zero-order valence-electron chi connectivity index (χ0n) is 83.3. The maximum Gasteiger partial charge on any atom is 0.344 e. The number of H-pyrrole nitrogens is 2. The van der Waals surface area contributed by atoms with Crippen LogP contribution in [0.4, 0.5) is 5.69 Å². The lowest BCUT2D eigenvalue weighted by molar-refractivity contribution is -0.777. The Hall–Kier alpha value is -13.6. The minimum absolute atomic E-state index is 0. The Bertz CT molecular complexity index is 8560. The van der Waals surface area contributed by atoms with Crippen LogP contribution in [0.15, 0.2) is 226 Å². The van der Waals surface area contributed by atoms with Crippen LogP contribution in [-0.4, -0.2) is 92.6 Å². The van der Waals surface area contributed by atoms with Gasteiger partial charge in [0, 0.05) is 249 Å². The van der Waals surface area contributed by atoms with Gasteiger partial charge in [0.25, 0.3) is 27.6 Å². The molecule has 10 heterocycles. The number of carbonyl (C=O) groups excluding carboxylic acids is 1. The highest BCUT2D eigenvalue weighted by Crippen LogP contribution is 2.39. The number of anilines is 1. The van der Waals surface area contributed by atoms with Crippen LogP contribution in [-0.2, 0) is 107 Å². The molecule has 10 aromatic heterocycles. The van der Waals surface area contributed by atoms with Crippen LogP contribution >= 0.6 is 24.1 Å². The highest BCUT2D eigenvalue weighted by atomic mass is 79.9. The molecule has 0 aliphatic carbocycles. The van der Waals surface area contributed by atoms with Crippen molar-refractivity contribution in [3.05, 3.63) is 229 Å². The molecule has 0 spiro atoms. The summed E-state index contributed by atoms with van der Waals surface area (Å²) in [7, 11) is 1.90. The Labute approximate surface area is 878 Å². The van der Waals surface area contributed by atoms with Gasteiger partial charge in [-0.25, -0.2) is 8.42 Å². The molecule has 21 rings (SSSR count). The number of carboxylic acid groups (broad SMARTS) is 4. The fraction of sp³-hybridized carbons (Fsp3) is 0.303. The number of unbranched alkanes of at least 4 members (excludes halogenated alkanes) is 8. The van der Waals surface area contributed by atoms with Crippen molar-refractivity contribution in [3.8, 4) is 0 Å². The average Bonchev–Trinajstić information content (AvgIpc) is 1.58. The number of nitrogens with one attached hydrogen (secondary N) is 3. The number of aromatic nitrogens is 10. The van der Waals surface area contributed by atoms with Gasteiger partial charge in [0.15, 0.2) is 26.2 Å². The predicted octanol–water partition coefficient (Wildman–Crippen LogP) is 14.3. The minimum Gasteiger partial charge on any atom is -1.00 e. The Morgan fingerprint density at radius 2 is 0.777 bits per heavy atom. The van der Waals surface area contributed by atoms with Crippen molar-refractivity contribution in [2.75, 3.05) is 11.1 Å². The number of aromatic amines is 2. The van der Waals surface area contributed by atoms with Crippen molar-refractivity contribution in [2.24, 2.45) is 21.1 Å². The summed E-state index contributed by atoms with van der Waals surface area (Å²) in [6, 6.07) is 63.8. The van der Waals surface area contributed by atoms with Gasteiger partial charge < -0.3 is 121 Å². The Kier molecular flexibility index (Phi) is 36.8. The zero-order valence-corrected chi connectivity index (χ0v) is 89.0. The molecule has 34 nitrogen and oxygen atoms in total. The molecule has 0 saturated heterocycles. The Morgan fingerprint density at radius 3 is 1.26 bits per heavy atom. The molecule has 0 aliphatic heterocycles. The normalized spacial score (nSPS) is 11.6. The topological polar surface area (TPSA) is 450 Å². The molecule has 1 amide bonds. The number of amides is 1. The number of benzene rings is 11. The van der Waals surface area contributed by atoms with Crippen LogP contribution in [0.1, 0.15) is 151 Å². The van der Waals surface area contributed by atoms with E-state index in [9.17, 15) is 47.5 Å². The number of oxazole rings is 5. The molecule has 0 saturated carbocycles. The summed E-state index contributed by atoms with van der Waals surface area (Å²) in [6.07, 6.45) is 11.6. The van der Waals surface area contributed by atoms with Gasteiger partial charge in [-0.15, -0.1) is 0 Å². The van der Waals surface area contributed by atoms with E-state index >= 15 is 0 Å². The fourth-order valence-electron chi connectivity index (χ4n) is 19.3. The highest BCUT2D eigenvalue weighted by molar-refractivity contribution is 7.94. The van der Waals surface area contributed by atoms with E-state index in [0.29, 0.717) is 25.0 Å². The molecular formula is C109H115Br2N11O23S3. The van der Waals surface area contributed by atoms with Gasteiger partial charge in [-0.3, -0.25) is 34.0 Å². The second-order valence-electron chi connectivity index (χ2n) is 36.3. The molecule has 0 unspecified atom stereocenters. The molecule has 0 bridgehead atoms. The highest BCUT2D eigenvalue weighted by Gasteiger charge is 2.29. The maximum atomic E-state index is 11.5. The number of hydrogen-bond acceptors (Lipinski definition) is 21. The summed E-state index contributed by atoms with van der Waals surface area (Å²) in [4.78, 5) is 61.5. The van der Waals surface area contributed by atoms with Gasteiger partial charge in [0.1, 0.15) is 17.2 Å². The summed E-state index contributed by atoms with van der Waals surface area (Å²) < 4.78 is 87.2. The van der Waals surface area contributed by atoms with Crippen molar-refractivity contribution in [3.63, 3.8) is 0 Å². The molecule has 11 aromatic carbocycles. The Balaban J connectivity index is 0.000000143. The molecule has 39 heteroatoms. The number of halogens is 2. The van der Waals surface area contributed by atoms with Gasteiger partial charge in [-0.2, -0.15) is 31.5 Å². The molecule has 21 aromatic rings. The monoisotopic (exact) mass is 2200 g/mol. The smallest absolute Gasteiger partial charge is 0.344 e. The van der Waals surface area contributed by atoms with Crippen molar-refractivity contribution in [1.29, 1.82) is 0 Å². The molecular weight excluding hydrogens is 2090 g/mol. The number of rotatable bonds is 35. The van der Waals surface area contributed by atoms with Crippen LogP contribution in [0.3, 0.4) is 0 Å². The lowest BCUT2D eigenvalue weighted by atomic mass is 10.1. The summed E-state index contributed by atoms with van der Waals surface area (Å²) >= 11 is 1.87. The van der Waals surface area contributed by atoms with E-state index in [-0.39, 0.29) is 70.4 Å². The fourth-order valence-corrected chi connectivity index (χ4v) is 20.6. The summed E-state index contributed by atoms with van der Waals surface area (Å²) in [5, 5.41) is 76.4. The number of para-hydroxylation sites is 3. The third-order valence-corrected chi connectivity index (χ3v) is 28.6. The summed E-state index contributed by atoms with van der Waals surface area (Å²) in [6.45, 7) is 17.1. The summed E-state index contributed by atoms with van der Waals surface area (Å²) in [5.41, 5.74) is 22.3. The maximum absolute atomic E-state index is 11.5. The first kappa shape index (κ1) is 110. The standard InChI is InChI=1S/C23H25N3O4.C23H26N2O6S.C20H20N2O6S.C20H20N2O3.C16H15N2O.C7H8O3S.2BrH/c1-14(27)24-16-8-9-19-17(11-16)18-12-21-22(13-20(18)25(19)3)30-15(2)26(21)10-6-4-5-7-23(28)29;1-16-24(11-6-2-3-10-23(26)27)21-14-18-17-8-4-5-9-19(17)25(12-7-13-32-31-30-28)20(18)15-22(21)29-16;1-12-22(8-4-2-3-5-20(23)24)18-10-15-14-9-13(29-28-27-25)6-7-16(14)21-17(15)11-19(18)26-12;1-13-22(10-6-2-3-9-20(23)24)18-11-15-14-7-4-5-8-16(14)21-17(15)12-19(18)25-13;1-10-17(2)15-8-12-11-6-4-5-7-13(11)18(3)14(12)9-16(15)19-10;1-6-2-4-7(5-3-6)11(8,9)10;;/h8-9,11-13H,4-7,10H2,1-3H3,(H-,24,27,28,29);4-5,8-9,14-15H,2-3,6-7,10-13H2,1H3,(H-,26,27,28);6-7,9-11,21H,2-5,8H2,1H3,(H-,23,24,25);4-5,7-8,11-12,21H,2-3,6,9-10H2,1H3;4-9H,1-3H3;2-5H,1H3,(H,8,9,10);2*1H/q;;;;+1;;;/p-1. The van der Waals surface area contributed by atoms with Crippen molar-refractivity contribution in [1.82, 2.24) is 23.7 Å². The molecule has 0 radical (unpaired) electrons. The minimum atomic E-state index is -4.27. The predicted molar refractivity (Wildman–Crippen MR) is 552 cm³/mol. The number of aryl methyl sites for hydroxylation is 14. The van der Waals surface area contributed by atoms with Crippen molar-refractivity contribution >= 4 is 234 Å². The van der Waals surface area contributed by atoms with E-state index in [4.69, 9.17) is 42.5 Å². The molecule has 148 heavy (non-hydrogen) atoms. The van der Waals surface area contributed by atoms with E-state index in [0.717, 1.165) is 288 Å². The van der Waals surface area contributed by atoms with Crippen LogP contribution in [0.25, 0.3) is 165 Å². The third kappa shape index (κ3) is 25.4.